The molecule has 98 valence electrons. The molecule has 6 heteroatoms. The third-order valence-corrected chi connectivity index (χ3v) is 3.52. The molecule has 0 aliphatic heterocycles. The highest BCUT2D eigenvalue weighted by molar-refractivity contribution is 6.35. The number of hydrogen-bond donors (Lipinski definition) is 1. The molecule has 0 atom stereocenters. The van der Waals surface area contributed by atoms with Gasteiger partial charge in [0.15, 0.2) is 0 Å². The summed E-state index contributed by atoms with van der Waals surface area (Å²) in [5.74, 6) is 0.256. The van der Waals surface area contributed by atoms with E-state index in [-0.39, 0.29) is 5.95 Å². The molecule has 1 aromatic heterocycles. The molecule has 20 heavy (non-hydrogen) atoms. The molecule has 2 aromatic carbocycles. The van der Waals surface area contributed by atoms with Gasteiger partial charge in [-0.25, -0.2) is 4.98 Å². The highest BCUT2D eigenvalue weighted by Crippen LogP contribution is 2.30. The fourth-order valence-corrected chi connectivity index (χ4v) is 2.50. The van der Waals surface area contributed by atoms with Crippen molar-refractivity contribution in [2.75, 3.05) is 5.73 Å². The zero-order chi connectivity index (χ0) is 14.3. The summed E-state index contributed by atoms with van der Waals surface area (Å²) >= 11 is 12.1. The quantitative estimate of drug-likeness (QED) is 0.743. The van der Waals surface area contributed by atoms with E-state index in [0.717, 1.165) is 5.52 Å². The van der Waals surface area contributed by atoms with E-state index < -0.39 is 0 Å². The van der Waals surface area contributed by atoms with Gasteiger partial charge in [-0.05, 0) is 30.3 Å². The van der Waals surface area contributed by atoms with Gasteiger partial charge in [-0.2, -0.15) is 5.26 Å². The van der Waals surface area contributed by atoms with Crippen LogP contribution in [0, 0.1) is 11.3 Å². The van der Waals surface area contributed by atoms with Crippen LogP contribution in [-0.4, -0.2) is 9.55 Å². The lowest BCUT2D eigenvalue weighted by atomic mass is 10.2. The van der Waals surface area contributed by atoms with Gasteiger partial charge in [0, 0.05) is 5.02 Å². The van der Waals surface area contributed by atoms with Gasteiger partial charge in [0.05, 0.1) is 21.8 Å². The molecule has 0 saturated carbocycles. The Balaban J connectivity index is 2.42. The van der Waals surface area contributed by atoms with Crippen molar-refractivity contribution in [1.29, 1.82) is 5.26 Å². The average Bonchev–Trinajstić information content (AvgIpc) is 2.76. The summed E-state index contributed by atoms with van der Waals surface area (Å²) in [7, 11) is 0. The van der Waals surface area contributed by atoms with Gasteiger partial charge >= 0.3 is 0 Å². The number of hydrogen-bond acceptors (Lipinski definition) is 3. The molecule has 0 spiro atoms. The lowest BCUT2D eigenvalue weighted by Gasteiger charge is -2.09. The number of nitrogens with two attached hydrogens (primary N) is 1. The van der Waals surface area contributed by atoms with Gasteiger partial charge in [0.2, 0.25) is 5.95 Å². The number of imidazole rings is 1. The molecule has 0 aliphatic carbocycles. The predicted octanol–water partition coefficient (Wildman–Crippen LogP) is 3.79. The smallest absolute Gasteiger partial charge is 0.206 e. The first-order valence-corrected chi connectivity index (χ1v) is 6.50. The summed E-state index contributed by atoms with van der Waals surface area (Å²) in [4.78, 5) is 4.25. The summed E-state index contributed by atoms with van der Waals surface area (Å²) in [6, 6.07) is 12.5. The topological polar surface area (TPSA) is 67.6 Å². The SMILES string of the molecule is N#Cc1ccc(Cl)cc1-n1c(N)nc2c(Cl)cccc21. The van der Waals surface area contributed by atoms with Gasteiger partial charge in [-0.1, -0.05) is 29.3 Å². The van der Waals surface area contributed by atoms with Crippen molar-refractivity contribution in [2.45, 2.75) is 0 Å². The van der Waals surface area contributed by atoms with Gasteiger partial charge in [-0.3, -0.25) is 4.57 Å². The maximum absolute atomic E-state index is 9.23. The molecule has 0 amide bonds. The van der Waals surface area contributed by atoms with E-state index >= 15 is 0 Å². The Morgan fingerprint density at radius 2 is 2.00 bits per heavy atom. The largest absolute Gasteiger partial charge is 0.369 e. The molecule has 0 radical (unpaired) electrons. The third-order valence-electron chi connectivity index (χ3n) is 2.98. The molecule has 4 nitrogen and oxygen atoms in total. The summed E-state index contributed by atoms with van der Waals surface area (Å²) < 4.78 is 1.67. The molecular formula is C14H8Cl2N4. The molecule has 0 fully saturated rings. The Labute approximate surface area is 125 Å². The van der Waals surface area contributed by atoms with E-state index in [0.29, 0.717) is 26.8 Å². The summed E-state index contributed by atoms with van der Waals surface area (Å²) in [5.41, 5.74) is 8.34. The number of fused-ring (bicyclic) bond motifs is 1. The fraction of sp³-hybridized carbons (Fsp3) is 0. The number of nitrogen functional groups attached to an aromatic ring is 1. The summed E-state index contributed by atoms with van der Waals surface area (Å²) in [6.07, 6.45) is 0. The minimum Gasteiger partial charge on any atom is -0.369 e. The second-order valence-electron chi connectivity index (χ2n) is 4.19. The lowest BCUT2D eigenvalue weighted by Crippen LogP contribution is -2.02. The van der Waals surface area contributed by atoms with Gasteiger partial charge < -0.3 is 5.73 Å². The van der Waals surface area contributed by atoms with Crippen LogP contribution in [0.25, 0.3) is 16.7 Å². The minimum absolute atomic E-state index is 0.256. The number of para-hydroxylation sites is 1. The molecule has 0 unspecified atom stereocenters. The Morgan fingerprint density at radius 1 is 1.20 bits per heavy atom. The number of rotatable bonds is 1. The monoisotopic (exact) mass is 302 g/mol. The van der Waals surface area contributed by atoms with Crippen molar-refractivity contribution < 1.29 is 0 Å². The van der Waals surface area contributed by atoms with Gasteiger partial charge in [0.25, 0.3) is 0 Å². The van der Waals surface area contributed by atoms with Crippen LogP contribution in [0.15, 0.2) is 36.4 Å². The van der Waals surface area contributed by atoms with E-state index in [1.54, 1.807) is 34.9 Å². The van der Waals surface area contributed by atoms with E-state index in [1.165, 1.54) is 0 Å². The number of halogens is 2. The van der Waals surface area contributed by atoms with Crippen LogP contribution < -0.4 is 5.73 Å². The van der Waals surface area contributed by atoms with Crippen molar-refractivity contribution in [2.24, 2.45) is 0 Å². The van der Waals surface area contributed by atoms with Crippen LogP contribution in [0.5, 0.6) is 0 Å². The fourth-order valence-electron chi connectivity index (χ4n) is 2.12. The first-order valence-electron chi connectivity index (χ1n) is 5.74. The molecule has 0 bridgehead atoms. The van der Waals surface area contributed by atoms with Crippen LogP contribution in [0.4, 0.5) is 5.95 Å². The first-order chi connectivity index (χ1) is 9.61. The third kappa shape index (κ3) is 1.88. The average molecular weight is 303 g/mol. The van der Waals surface area contributed by atoms with E-state index in [1.807, 2.05) is 6.07 Å². The standard InChI is InChI=1S/C14H8Cl2N4/c15-9-5-4-8(7-17)12(6-9)20-11-3-1-2-10(16)13(11)19-14(20)18/h1-6H,(H2,18,19). The maximum Gasteiger partial charge on any atom is 0.206 e. The van der Waals surface area contributed by atoms with E-state index in [9.17, 15) is 5.26 Å². The number of anilines is 1. The van der Waals surface area contributed by atoms with Crippen molar-refractivity contribution in [1.82, 2.24) is 9.55 Å². The Morgan fingerprint density at radius 3 is 2.75 bits per heavy atom. The van der Waals surface area contributed by atoms with Crippen molar-refractivity contribution in [3.05, 3.63) is 52.0 Å². The molecule has 1 heterocycles. The zero-order valence-electron chi connectivity index (χ0n) is 10.1. The predicted molar refractivity (Wildman–Crippen MR) is 80.2 cm³/mol. The Bertz CT molecular complexity index is 861. The van der Waals surface area contributed by atoms with E-state index in [2.05, 4.69) is 11.1 Å². The van der Waals surface area contributed by atoms with Crippen LogP contribution in [0.3, 0.4) is 0 Å². The van der Waals surface area contributed by atoms with Crippen molar-refractivity contribution >= 4 is 40.2 Å². The van der Waals surface area contributed by atoms with Crippen LogP contribution in [-0.2, 0) is 0 Å². The molecule has 3 rings (SSSR count). The van der Waals surface area contributed by atoms with Crippen LogP contribution in [0.1, 0.15) is 5.56 Å². The number of benzene rings is 2. The maximum atomic E-state index is 9.23. The van der Waals surface area contributed by atoms with Gasteiger partial charge in [0.1, 0.15) is 11.6 Å². The summed E-state index contributed by atoms with van der Waals surface area (Å²) in [5, 5.41) is 10.3. The molecule has 0 aliphatic rings. The lowest BCUT2D eigenvalue weighted by molar-refractivity contribution is 1.10. The first kappa shape index (κ1) is 12.8. The molecule has 3 aromatic rings. The van der Waals surface area contributed by atoms with Crippen LogP contribution >= 0.6 is 23.2 Å². The summed E-state index contributed by atoms with van der Waals surface area (Å²) in [6.45, 7) is 0. The highest BCUT2D eigenvalue weighted by Gasteiger charge is 2.15. The Hall–Kier alpha value is -2.22. The molecule has 2 N–H and O–H groups in total. The molecular weight excluding hydrogens is 295 g/mol. The van der Waals surface area contributed by atoms with E-state index in [4.69, 9.17) is 28.9 Å². The molecule has 0 saturated heterocycles. The Kier molecular flexibility index (Phi) is 3.01. The van der Waals surface area contributed by atoms with Gasteiger partial charge in [-0.15, -0.1) is 0 Å². The number of nitrogens with zero attached hydrogens (tertiary/aromatic N) is 3. The number of nitriles is 1. The zero-order valence-corrected chi connectivity index (χ0v) is 11.7. The normalized spacial score (nSPS) is 10.7. The highest BCUT2D eigenvalue weighted by atomic mass is 35.5. The van der Waals surface area contributed by atoms with Crippen molar-refractivity contribution in [3.8, 4) is 11.8 Å². The number of aromatic nitrogens is 2. The second-order valence-corrected chi connectivity index (χ2v) is 5.03. The van der Waals surface area contributed by atoms with Crippen molar-refractivity contribution in [3.63, 3.8) is 0 Å². The minimum atomic E-state index is 0.256. The second kappa shape index (κ2) is 4.71. The van der Waals surface area contributed by atoms with Crippen LogP contribution in [0.2, 0.25) is 10.0 Å².